The summed E-state index contributed by atoms with van der Waals surface area (Å²) in [5, 5.41) is 3.02. The van der Waals surface area contributed by atoms with E-state index < -0.39 is 0 Å². The number of hydrogen-bond donors (Lipinski definition) is 1. The molecular formula is C21H25N3O. The average molecular weight is 335 g/mol. The summed E-state index contributed by atoms with van der Waals surface area (Å²) >= 11 is 0. The van der Waals surface area contributed by atoms with Crippen LogP contribution in [-0.4, -0.2) is 44.0 Å². The molecule has 130 valence electrons. The molecule has 4 nitrogen and oxygen atoms in total. The minimum absolute atomic E-state index is 0.136. The summed E-state index contributed by atoms with van der Waals surface area (Å²) in [6, 6.07) is 17.1. The van der Waals surface area contributed by atoms with E-state index in [0.29, 0.717) is 5.92 Å². The van der Waals surface area contributed by atoms with Crippen LogP contribution in [-0.2, 0) is 4.79 Å². The van der Waals surface area contributed by atoms with Gasteiger partial charge in [-0.25, -0.2) is 0 Å². The molecule has 0 unspecified atom stereocenters. The van der Waals surface area contributed by atoms with Gasteiger partial charge in [-0.2, -0.15) is 0 Å². The summed E-state index contributed by atoms with van der Waals surface area (Å²) in [4.78, 5) is 17.1. The second-order valence-corrected chi connectivity index (χ2v) is 6.98. The van der Waals surface area contributed by atoms with Crippen molar-refractivity contribution in [2.75, 3.05) is 38.1 Å². The van der Waals surface area contributed by atoms with E-state index in [1.54, 1.807) is 0 Å². The number of carbonyl (C=O) groups excluding carboxylic acids is 1. The maximum Gasteiger partial charge on any atom is 0.242 e. The molecule has 4 heteroatoms. The van der Waals surface area contributed by atoms with Crippen molar-refractivity contribution < 1.29 is 4.79 Å². The van der Waals surface area contributed by atoms with Gasteiger partial charge in [-0.3, -0.25) is 9.69 Å². The quantitative estimate of drug-likeness (QED) is 0.937. The maximum absolute atomic E-state index is 12.5. The predicted molar refractivity (Wildman–Crippen MR) is 101 cm³/mol. The van der Waals surface area contributed by atoms with Crippen molar-refractivity contribution in [2.24, 2.45) is 0 Å². The van der Waals surface area contributed by atoms with Gasteiger partial charge in [-0.1, -0.05) is 36.4 Å². The van der Waals surface area contributed by atoms with Crippen LogP contribution in [0.1, 0.15) is 35.6 Å². The van der Waals surface area contributed by atoms with Crippen molar-refractivity contribution in [3.63, 3.8) is 0 Å². The molecule has 2 aliphatic heterocycles. The minimum Gasteiger partial charge on any atom is -0.375 e. The first kappa shape index (κ1) is 16.2. The lowest BCUT2D eigenvalue weighted by Crippen LogP contribution is -2.53. The highest BCUT2D eigenvalue weighted by atomic mass is 16.2. The van der Waals surface area contributed by atoms with Crippen LogP contribution in [0.15, 0.2) is 48.5 Å². The maximum atomic E-state index is 12.5. The standard InChI is InChI=1S/C21H25N3O/c1-3-23(2)16-8-6-7-15(13-16)19-14-24-12-11-22-21(25)20(24)18-10-5-4-9-17(18)19/h4-10,13,19-20H,3,11-12,14H2,1-2H3,(H,22,25)/t19-,20-/m0/s1. The Morgan fingerprint density at radius 3 is 2.76 bits per heavy atom. The number of amides is 1. The van der Waals surface area contributed by atoms with E-state index in [9.17, 15) is 4.79 Å². The highest BCUT2D eigenvalue weighted by molar-refractivity contribution is 5.85. The van der Waals surface area contributed by atoms with Gasteiger partial charge in [-0.15, -0.1) is 0 Å². The number of hydrogen-bond acceptors (Lipinski definition) is 3. The number of nitrogens with zero attached hydrogens (tertiary/aromatic N) is 2. The van der Waals surface area contributed by atoms with Crippen molar-refractivity contribution in [1.82, 2.24) is 10.2 Å². The molecule has 0 bridgehead atoms. The van der Waals surface area contributed by atoms with E-state index in [1.165, 1.54) is 16.8 Å². The Morgan fingerprint density at radius 1 is 1.16 bits per heavy atom. The van der Waals surface area contributed by atoms with Crippen LogP contribution >= 0.6 is 0 Å². The number of nitrogens with one attached hydrogen (secondary N) is 1. The first-order valence-electron chi connectivity index (χ1n) is 9.10. The number of fused-ring (bicyclic) bond motifs is 3. The molecule has 0 spiro atoms. The van der Waals surface area contributed by atoms with Crippen molar-refractivity contribution in [3.05, 3.63) is 65.2 Å². The van der Waals surface area contributed by atoms with Crippen LogP contribution in [0.3, 0.4) is 0 Å². The molecule has 1 amide bonds. The molecule has 2 aromatic rings. The largest absolute Gasteiger partial charge is 0.375 e. The van der Waals surface area contributed by atoms with Crippen molar-refractivity contribution in [1.29, 1.82) is 0 Å². The normalized spacial score (nSPS) is 22.7. The lowest BCUT2D eigenvalue weighted by atomic mass is 9.80. The number of carbonyl (C=O) groups is 1. The molecule has 2 aromatic carbocycles. The summed E-state index contributed by atoms with van der Waals surface area (Å²) in [7, 11) is 2.12. The monoisotopic (exact) mass is 335 g/mol. The van der Waals surface area contributed by atoms with E-state index in [2.05, 4.69) is 71.6 Å². The van der Waals surface area contributed by atoms with Gasteiger partial charge in [0.05, 0.1) is 0 Å². The minimum atomic E-state index is -0.136. The van der Waals surface area contributed by atoms with Crippen LogP contribution in [0.25, 0.3) is 0 Å². The van der Waals surface area contributed by atoms with E-state index in [4.69, 9.17) is 0 Å². The topological polar surface area (TPSA) is 35.6 Å². The molecule has 2 heterocycles. The molecule has 4 rings (SSSR count). The molecule has 0 saturated carbocycles. The molecule has 2 aliphatic rings. The van der Waals surface area contributed by atoms with E-state index in [1.807, 2.05) is 6.07 Å². The van der Waals surface area contributed by atoms with Gasteiger partial charge in [0.2, 0.25) is 5.91 Å². The summed E-state index contributed by atoms with van der Waals surface area (Å²) in [5.74, 6) is 0.445. The molecule has 1 N–H and O–H groups in total. The van der Waals surface area contributed by atoms with E-state index in [0.717, 1.165) is 31.7 Å². The molecule has 0 aromatic heterocycles. The number of anilines is 1. The second-order valence-electron chi connectivity index (χ2n) is 6.98. The third-order valence-electron chi connectivity index (χ3n) is 5.58. The Morgan fingerprint density at radius 2 is 1.96 bits per heavy atom. The van der Waals surface area contributed by atoms with Crippen molar-refractivity contribution >= 4 is 11.6 Å². The first-order valence-corrected chi connectivity index (χ1v) is 9.10. The SMILES string of the molecule is CCN(C)c1cccc([C@@H]2CN3CCNC(=O)[C@@H]3c3ccccc32)c1. The number of piperazine rings is 1. The third kappa shape index (κ3) is 2.81. The Kier molecular flexibility index (Phi) is 4.22. The highest BCUT2D eigenvalue weighted by Gasteiger charge is 2.39. The Hall–Kier alpha value is -2.33. The summed E-state index contributed by atoms with van der Waals surface area (Å²) in [6.07, 6.45) is 0. The molecule has 1 fully saturated rings. The molecule has 2 atom stereocenters. The summed E-state index contributed by atoms with van der Waals surface area (Å²) in [6.45, 7) is 5.70. The van der Waals surface area contributed by atoms with Gasteiger partial charge >= 0.3 is 0 Å². The third-order valence-corrected chi connectivity index (χ3v) is 5.58. The van der Waals surface area contributed by atoms with Crippen LogP contribution in [0.5, 0.6) is 0 Å². The zero-order valence-corrected chi connectivity index (χ0v) is 14.9. The van der Waals surface area contributed by atoms with Crippen LogP contribution in [0.4, 0.5) is 5.69 Å². The zero-order chi connectivity index (χ0) is 17.4. The predicted octanol–water partition coefficient (Wildman–Crippen LogP) is 2.76. The smallest absolute Gasteiger partial charge is 0.242 e. The average Bonchev–Trinajstić information content (AvgIpc) is 2.66. The van der Waals surface area contributed by atoms with Gasteiger partial charge in [0.15, 0.2) is 0 Å². The highest BCUT2D eigenvalue weighted by Crippen LogP contribution is 2.40. The fourth-order valence-corrected chi connectivity index (χ4v) is 4.11. The lowest BCUT2D eigenvalue weighted by Gasteiger charge is -2.43. The van der Waals surface area contributed by atoms with Crippen LogP contribution < -0.4 is 10.2 Å². The van der Waals surface area contributed by atoms with Gasteiger partial charge < -0.3 is 10.2 Å². The summed E-state index contributed by atoms with van der Waals surface area (Å²) in [5.41, 5.74) is 5.02. The van der Waals surface area contributed by atoms with Crippen LogP contribution in [0, 0.1) is 0 Å². The van der Waals surface area contributed by atoms with Gasteiger partial charge in [0.25, 0.3) is 0 Å². The molecule has 1 saturated heterocycles. The first-order chi connectivity index (χ1) is 12.2. The Bertz CT molecular complexity index is 788. The fourth-order valence-electron chi connectivity index (χ4n) is 4.11. The molecule has 0 aliphatic carbocycles. The van der Waals surface area contributed by atoms with Crippen molar-refractivity contribution in [3.8, 4) is 0 Å². The Balaban J connectivity index is 1.78. The van der Waals surface area contributed by atoms with E-state index in [-0.39, 0.29) is 11.9 Å². The number of benzene rings is 2. The summed E-state index contributed by atoms with van der Waals surface area (Å²) < 4.78 is 0. The fraction of sp³-hybridized carbons (Fsp3) is 0.381. The van der Waals surface area contributed by atoms with Gasteiger partial charge in [0, 0.05) is 44.8 Å². The molecule has 25 heavy (non-hydrogen) atoms. The Labute approximate surface area is 149 Å². The number of rotatable bonds is 3. The van der Waals surface area contributed by atoms with Crippen molar-refractivity contribution in [2.45, 2.75) is 18.9 Å². The zero-order valence-electron chi connectivity index (χ0n) is 14.9. The molecular weight excluding hydrogens is 310 g/mol. The second kappa shape index (κ2) is 6.52. The van der Waals surface area contributed by atoms with Gasteiger partial charge in [0.1, 0.15) is 6.04 Å². The molecule has 0 radical (unpaired) electrons. The lowest BCUT2D eigenvalue weighted by molar-refractivity contribution is -0.129. The van der Waals surface area contributed by atoms with E-state index >= 15 is 0 Å². The van der Waals surface area contributed by atoms with Crippen LogP contribution in [0.2, 0.25) is 0 Å². The van der Waals surface area contributed by atoms with Gasteiger partial charge in [-0.05, 0) is 35.7 Å².